The van der Waals surface area contributed by atoms with Crippen molar-refractivity contribution in [3.63, 3.8) is 0 Å². The van der Waals surface area contributed by atoms with E-state index in [4.69, 9.17) is 18.0 Å². The topological polar surface area (TPSA) is 50.9 Å². The summed E-state index contributed by atoms with van der Waals surface area (Å²) in [6.07, 6.45) is 2.33. The summed E-state index contributed by atoms with van der Waals surface area (Å²) in [4.78, 5) is 4.88. The van der Waals surface area contributed by atoms with Crippen molar-refractivity contribution >= 4 is 23.0 Å². The Morgan fingerprint density at radius 3 is 2.67 bits per heavy atom. The zero-order valence-corrected chi connectivity index (χ0v) is 12.5. The first-order valence-corrected chi connectivity index (χ1v) is 6.88. The van der Waals surface area contributed by atoms with E-state index < -0.39 is 0 Å². The van der Waals surface area contributed by atoms with Crippen molar-refractivity contribution in [3.05, 3.63) is 23.4 Å². The lowest BCUT2D eigenvalue weighted by atomic mass is 10.0. The fraction of sp³-hybridized carbons (Fsp3) is 0.571. The van der Waals surface area contributed by atoms with E-state index in [0.717, 1.165) is 23.5 Å². The Bertz CT molecular complexity index is 418. The van der Waals surface area contributed by atoms with Crippen molar-refractivity contribution in [1.29, 1.82) is 0 Å². The normalized spacial score (nSPS) is 14.0. The van der Waals surface area contributed by atoms with Gasteiger partial charge in [-0.15, -0.1) is 0 Å². The average Bonchev–Trinajstić information content (AvgIpc) is 2.27. The van der Waals surface area contributed by atoms with Crippen LogP contribution in [0.1, 0.15) is 44.9 Å². The number of aromatic nitrogens is 1. The summed E-state index contributed by atoms with van der Waals surface area (Å²) < 4.78 is 0. The van der Waals surface area contributed by atoms with Crippen LogP contribution in [0.2, 0.25) is 0 Å². The Hall–Kier alpha value is -1.16. The van der Waals surface area contributed by atoms with E-state index in [9.17, 15) is 0 Å². The number of nitrogens with two attached hydrogens (primary N) is 1. The molecule has 1 aromatic rings. The number of rotatable bonds is 6. The Labute approximate surface area is 115 Å². The highest BCUT2D eigenvalue weighted by atomic mass is 32.1. The number of nitrogens with one attached hydrogen (secondary N) is 1. The molecule has 100 valence electrons. The first-order chi connectivity index (χ1) is 8.42. The van der Waals surface area contributed by atoms with Gasteiger partial charge in [0, 0.05) is 17.3 Å². The molecule has 3 nitrogen and oxygen atoms in total. The second-order valence-electron chi connectivity index (χ2n) is 5.04. The van der Waals surface area contributed by atoms with Gasteiger partial charge >= 0.3 is 0 Å². The van der Waals surface area contributed by atoms with Crippen molar-refractivity contribution < 1.29 is 0 Å². The predicted molar refractivity (Wildman–Crippen MR) is 82.0 cm³/mol. The van der Waals surface area contributed by atoms with Gasteiger partial charge in [-0.2, -0.15) is 0 Å². The molecule has 1 aromatic heterocycles. The van der Waals surface area contributed by atoms with Gasteiger partial charge in [0.25, 0.3) is 0 Å². The summed E-state index contributed by atoms with van der Waals surface area (Å²) in [5.41, 5.74) is 7.46. The van der Waals surface area contributed by atoms with Crippen LogP contribution in [0.15, 0.2) is 12.1 Å². The van der Waals surface area contributed by atoms with Gasteiger partial charge in [0.1, 0.15) is 10.8 Å². The van der Waals surface area contributed by atoms with Crippen LogP contribution in [0, 0.1) is 12.8 Å². The molecule has 0 fully saturated rings. The van der Waals surface area contributed by atoms with Crippen molar-refractivity contribution in [3.8, 4) is 0 Å². The molecule has 2 atom stereocenters. The Balaban J connectivity index is 2.75. The smallest absolute Gasteiger partial charge is 0.127 e. The summed E-state index contributed by atoms with van der Waals surface area (Å²) >= 11 is 5.01. The van der Waals surface area contributed by atoms with Gasteiger partial charge in [0.2, 0.25) is 0 Å². The first kappa shape index (κ1) is 14.9. The summed E-state index contributed by atoms with van der Waals surface area (Å²) in [7, 11) is 0. The van der Waals surface area contributed by atoms with Gasteiger partial charge in [0.05, 0.1) is 0 Å². The quantitative estimate of drug-likeness (QED) is 0.775. The number of aryl methyl sites for hydroxylation is 1. The molecule has 0 amide bonds. The molecule has 0 spiro atoms. The molecule has 0 aliphatic rings. The van der Waals surface area contributed by atoms with Crippen LogP contribution in [0.3, 0.4) is 0 Å². The molecule has 0 aliphatic heterocycles. The van der Waals surface area contributed by atoms with Gasteiger partial charge in [-0.1, -0.05) is 32.5 Å². The molecule has 2 unspecified atom stereocenters. The largest absolute Gasteiger partial charge is 0.389 e. The molecule has 18 heavy (non-hydrogen) atoms. The first-order valence-electron chi connectivity index (χ1n) is 6.47. The minimum Gasteiger partial charge on any atom is -0.389 e. The number of pyridine rings is 1. The van der Waals surface area contributed by atoms with E-state index in [0.29, 0.717) is 16.9 Å². The maximum atomic E-state index is 5.66. The molecule has 3 N–H and O–H groups in total. The monoisotopic (exact) mass is 265 g/mol. The van der Waals surface area contributed by atoms with Crippen LogP contribution in [-0.2, 0) is 0 Å². The van der Waals surface area contributed by atoms with Crippen LogP contribution >= 0.6 is 12.2 Å². The number of nitrogens with zero attached hydrogens (tertiary/aromatic N) is 1. The highest BCUT2D eigenvalue weighted by Gasteiger charge is 2.09. The summed E-state index contributed by atoms with van der Waals surface area (Å²) in [6.45, 7) is 8.61. The molecular formula is C14H23N3S. The number of hydrogen-bond acceptors (Lipinski definition) is 3. The van der Waals surface area contributed by atoms with Crippen LogP contribution in [0.5, 0.6) is 0 Å². The standard InChI is InChI=1S/C14H23N3S/c1-5-9(2)6-10(3)16-13-8-12(14(15)18)7-11(4)17-13/h7-10H,5-6H2,1-4H3,(H2,15,18)(H,16,17). The SMILES string of the molecule is CCC(C)CC(C)Nc1cc(C(N)=S)cc(C)n1. The third-order valence-corrected chi connectivity index (χ3v) is 3.32. The molecule has 0 bridgehead atoms. The lowest BCUT2D eigenvalue weighted by Gasteiger charge is -2.18. The summed E-state index contributed by atoms with van der Waals surface area (Å²) in [5.74, 6) is 1.57. The summed E-state index contributed by atoms with van der Waals surface area (Å²) in [5, 5.41) is 3.42. The van der Waals surface area contributed by atoms with Crippen LogP contribution in [0.25, 0.3) is 0 Å². The minimum absolute atomic E-state index is 0.397. The van der Waals surface area contributed by atoms with Gasteiger partial charge in [-0.3, -0.25) is 0 Å². The fourth-order valence-electron chi connectivity index (χ4n) is 1.97. The fourth-order valence-corrected chi connectivity index (χ4v) is 2.08. The van der Waals surface area contributed by atoms with Crippen molar-refractivity contribution in [2.45, 2.75) is 46.6 Å². The highest BCUT2D eigenvalue weighted by Crippen LogP contribution is 2.15. The molecule has 0 saturated carbocycles. The van der Waals surface area contributed by atoms with E-state index in [1.54, 1.807) is 0 Å². The second-order valence-corrected chi connectivity index (χ2v) is 5.48. The molecule has 1 rings (SSSR count). The van der Waals surface area contributed by atoms with E-state index in [1.165, 1.54) is 6.42 Å². The Morgan fingerprint density at radius 2 is 2.11 bits per heavy atom. The molecule has 1 heterocycles. The molecular weight excluding hydrogens is 242 g/mol. The molecule has 0 radical (unpaired) electrons. The van der Waals surface area contributed by atoms with Crippen LogP contribution < -0.4 is 11.1 Å². The molecule has 0 saturated heterocycles. The van der Waals surface area contributed by atoms with Crippen LogP contribution in [0.4, 0.5) is 5.82 Å². The van der Waals surface area contributed by atoms with Crippen molar-refractivity contribution in [2.24, 2.45) is 11.7 Å². The van der Waals surface area contributed by atoms with Gasteiger partial charge in [-0.05, 0) is 38.3 Å². The van der Waals surface area contributed by atoms with E-state index in [1.807, 2.05) is 19.1 Å². The predicted octanol–water partition coefficient (Wildman–Crippen LogP) is 3.26. The lowest BCUT2D eigenvalue weighted by molar-refractivity contribution is 0.483. The van der Waals surface area contributed by atoms with E-state index >= 15 is 0 Å². The highest BCUT2D eigenvalue weighted by molar-refractivity contribution is 7.80. The number of hydrogen-bond donors (Lipinski definition) is 2. The zero-order chi connectivity index (χ0) is 13.7. The Morgan fingerprint density at radius 1 is 1.44 bits per heavy atom. The average molecular weight is 265 g/mol. The lowest BCUT2D eigenvalue weighted by Crippen LogP contribution is -2.20. The number of thiocarbonyl (C=S) groups is 1. The third-order valence-electron chi connectivity index (χ3n) is 3.09. The molecule has 4 heteroatoms. The van der Waals surface area contributed by atoms with E-state index in [-0.39, 0.29) is 0 Å². The van der Waals surface area contributed by atoms with Crippen molar-refractivity contribution in [2.75, 3.05) is 5.32 Å². The summed E-state index contributed by atoms with van der Waals surface area (Å²) in [6, 6.07) is 4.23. The van der Waals surface area contributed by atoms with Gasteiger partial charge in [0.15, 0.2) is 0 Å². The molecule has 0 aliphatic carbocycles. The van der Waals surface area contributed by atoms with E-state index in [2.05, 4.69) is 31.1 Å². The third kappa shape index (κ3) is 4.61. The Kier molecular flexibility index (Phi) is 5.54. The van der Waals surface area contributed by atoms with Crippen molar-refractivity contribution in [1.82, 2.24) is 4.98 Å². The minimum atomic E-state index is 0.397. The van der Waals surface area contributed by atoms with Gasteiger partial charge in [-0.25, -0.2) is 4.98 Å². The maximum absolute atomic E-state index is 5.66. The maximum Gasteiger partial charge on any atom is 0.127 e. The van der Waals surface area contributed by atoms with Gasteiger partial charge < -0.3 is 11.1 Å². The second kappa shape index (κ2) is 6.69. The van der Waals surface area contributed by atoms with Crippen LogP contribution in [-0.4, -0.2) is 16.0 Å². The zero-order valence-electron chi connectivity index (χ0n) is 11.7. The molecule has 0 aromatic carbocycles. The number of anilines is 1.